The molecule has 0 aliphatic rings. The summed E-state index contributed by atoms with van der Waals surface area (Å²) in [7, 11) is 0. The van der Waals surface area contributed by atoms with Crippen LogP contribution in [0.4, 0.5) is 0 Å². The molecule has 0 aliphatic carbocycles. The normalized spacial score (nSPS) is 11.7. The van der Waals surface area contributed by atoms with E-state index in [0.717, 1.165) is 18.5 Å². The molecule has 1 unspecified atom stereocenters. The summed E-state index contributed by atoms with van der Waals surface area (Å²) in [6, 6.07) is 13.4. The summed E-state index contributed by atoms with van der Waals surface area (Å²) in [6.07, 6.45) is 2.82. The molecular weight excluding hydrogens is 262 g/mol. The average Bonchev–Trinajstić information content (AvgIpc) is 2.53. The van der Waals surface area contributed by atoms with Crippen molar-refractivity contribution in [3.63, 3.8) is 0 Å². The third-order valence-corrected chi connectivity index (χ3v) is 3.18. The third kappa shape index (κ3) is 4.04. The van der Waals surface area contributed by atoms with E-state index in [4.69, 9.17) is 10.00 Å². The molecule has 4 heteroatoms. The van der Waals surface area contributed by atoms with E-state index in [1.807, 2.05) is 24.3 Å². The predicted molar refractivity (Wildman–Crippen MR) is 82.2 cm³/mol. The molecule has 0 saturated heterocycles. The number of hydrogen-bond donors (Lipinski definition) is 1. The maximum absolute atomic E-state index is 9.08. The Labute approximate surface area is 125 Å². The molecule has 1 atom stereocenters. The van der Waals surface area contributed by atoms with Crippen LogP contribution in [0.1, 0.15) is 37.4 Å². The number of benzene rings is 1. The number of para-hydroxylation sites is 1. The van der Waals surface area contributed by atoms with Crippen LogP contribution in [0.3, 0.4) is 0 Å². The van der Waals surface area contributed by atoms with Gasteiger partial charge in [-0.1, -0.05) is 19.1 Å². The Kier molecular flexibility index (Phi) is 5.30. The highest BCUT2D eigenvalue weighted by molar-refractivity contribution is 5.44. The first-order valence-electron chi connectivity index (χ1n) is 7.11. The Morgan fingerprint density at radius 1 is 1.33 bits per heavy atom. The van der Waals surface area contributed by atoms with E-state index < -0.39 is 0 Å². The Morgan fingerprint density at radius 2 is 2.14 bits per heavy atom. The van der Waals surface area contributed by atoms with Crippen LogP contribution in [0, 0.1) is 11.3 Å². The molecule has 0 aliphatic heterocycles. The summed E-state index contributed by atoms with van der Waals surface area (Å²) in [6.45, 7) is 5.22. The zero-order valence-electron chi connectivity index (χ0n) is 12.3. The minimum atomic E-state index is 0.238. The van der Waals surface area contributed by atoms with E-state index in [9.17, 15) is 0 Å². The Morgan fingerprint density at radius 3 is 2.90 bits per heavy atom. The van der Waals surface area contributed by atoms with Crippen LogP contribution in [0.5, 0.6) is 11.6 Å². The molecule has 4 nitrogen and oxygen atoms in total. The molecule has 1 N–H and O–H groups in total. The molecule has 0 saturated carbocycles. The molecule has 1 aromatic carbocycles. The Hall–Kier alpha value is -2.38. The van der Waals surface area contributed by atoms with Gasteiger partial charge >= 0.3 is 0 Å². The van der Waals surface area contributed by atoms with E-state index in [1.165, 1.54) is 0 Å². The van der Waals surface area contributed by atoms with Gasteiger partial charge in [0, 0.05) is 18.3 Å². The predicted octanol–water partition coefficient (Wildman–Crippen LogP) is 3.81. The monoisotopic (exact) mass is 281 g/mol. The molecule has 0 bridgehead atoms. The lowest BCUT2D eigenvalue weighted by Gasteiger charge is -2.14. The molecule has 0 radical (unpaired) electrons. The number of nitriles is 1. The first-order chi connectivity index (χ1) is 10.2. The number of rotatable bonds is 6. The van der Waals surface area contributed by atoms with E-state index in [-0.39, 0.29) is 6.04 Å². The van der Waals surface area contributed by atoms with Crippen LogP contribution >= 0.6 is 0 Å². The standard InChI is InChI=1S/C17H19N3O/c1-3-9-19-13(2)14-8-10-20-17(11-14)21-16-7-5-4-6-15(16)12-18/h4-8,10-11,13,19H,3,9H2,1-2H3. The van der Waals surface area contributed by atoms with E-state index in [0.29, 0.717) is 17.2 Å². The highest BCUT2D eigenvalue weighted by Crippen LogP contribution is 2.25. The largest absolute Gasteiger partial charge is 0.438 e. The second-order valence-corrected chi connectivity index (χ2v) is 4.81. The molecule has 1 heterocycles. The van der Waals surface area contributed by atoms with E-state index in [1.54, 1.807) is 18.3 Å². The van der Waals surface area contributed by atoms with Crippen molar-refractivity contribution in [2.24, 2.45) is 0 Å². The average molecular weight is 281 g/mol. The van der Waals surface area contributed by atoms with Gasteiger partial charge in [-0.3, -0.25) is 0 Å². The molecule has 108 valence electrons. The first kappa shape index (κ1) is 15.0. The van der Waals surface area contributed by atoms with Gasteiger partial charge in [0.05, 0.1) is 5.56 Å². The molecular formula is C17H19N3O. The van der Waals surface area contributed by atoms with Crippen molar-refractivity contribution >= 4 is 0 Å². The maximum Gasteiger partial charge on any atom is 0.219 e. The van der Waals surface area contributed by atoms with Gasteiger partial charge < -0.3 is 10.1 Å². The van der Waals surface area contributed by atoms with Crippen molar-refractivity contribution in [2.75, 3.05) is 6.54 Å². The lowest BCUT2D eigenvalue weighted by atomic mass is 10.1. The molecule has 21 heavy (non-hydrogen) atoms. The van der Waals surface area contributed by atoms with Crippen LogP contribution in [0.25, 0.3) is 0 Å². The summed E-state index contributed by atoms with van der Waals surface area (Å²) >= 11 is 0. The van der Waals surface area contributed by atoms with Gasteiger partial charge in [0.1, 0.15) is 11.8 Å². The number of hydrogen-bond acceptors (Lipinski definition) is 4. The molecule has 0 fully saturated rings. The fourth-order valence-corrected chi connectivity index (χ4v) is 1.99. The maximum atomic E-state index is 9.08. The van der Waals surface area contributed by atoms with Crippen molar-refractivity contribution < 1.29 is 4.74 Å². The Bertz CT molecular complexity index is 634. The van der Waals surface area contributed by atoms with Crippen LogP contribution in [0.2, 0.25) is 0 Å². The quantitative estimate of drug-likeness (QED) is 0.874. The van der Waals surface area contributed by atoms with Gasteiger partial charge in [-0.05, 0) is 43.7 Å². The van der Waals surface area contributed by atoms with Crippen molar-refractivity contribution in [1.82, 2.24) is 10.3 Å². The molecule has 0 amide bonds. The third-order valence-electron chi connectivity index (χ3n) is 3.18. The van der Waals surface area contributed by atoms with Gasteiger partial charge in [-0.2, -0.15) is 5.26 Å². The van der Waals surface area contributed by atoms with Crippen molar-refractivity contribution in [3.8, 4) is 17.7 Å². The molecule has 2 rings (SSSR count). The minimum absolute atomic E-state index is 0.238. The Balaban J connectivity index is 2.16. The van der Waals surface area contributed by atoms with Crippen molar-refractivity contribution in [2.45, 2.75) is 26.3 Å². The topological polar surface area (TPSA) is 57.9 Å². The summed E-state index contributed by atoms with van der Waals surface area (Å²) in [5.74, 6) is 1.03. The van der Waals surface area contributed by atoms with Crippen LogP contribution in [0.15, 0.2) is 42.6 Å². The lowest BCUT2D eigenvalue weighted by Crippen LogP contribution is -2.19. The second-order valence-electron chi connectivity index (χ2n) is 4.81. The number of aromatic nitrogens is 1. The zero-order valence-corrected chi connectivity index (χ0v) is 12.3. The fourth-order valence-electron chi connectivity index (χ4n) is 1.99. The van der Waals surface area contributed by atoms with E-state index in [2.05, 4.69) is 30.2 Å². The number of pyridine rings is 1. The number of ether oxygens (including phenoxy) is 1. The molecule has 1 aromatic heterocycles. The summed E-state index contributed by atoms with van der Waals surface area (Å²) in [5, 5.41) is 12.5. The van der Waals surface area contributed by atoms with Gasteiger partial charge in [-0.15, -0.1) is 0 Å². The number of nitrogens with zero attached hydrogens (tertiary/aromatic N) is 2. The van der Waals surface area contributed by atoms with Gasteiger partial charge in [0.15, 0.2) is 0 Å². The van der Waals surface area contributed by atoms with E-state index >= 15 is 0 Å². The molecule has 0 spiro atoms. The van der Waals surface area contributed by atoms with Crippen LogP contribution in [-0.2, 0) is 0 Å². The van der Waals surface area contributed by atoms with Crippen molar-refractivity contribution in [3.05, 3.63) is 53.7 Å². The van der Waals surface area contributed by atoms with Gasteiger partial charge in [0.25, 0.3) is 0 Å². The minimum Gasteiger partial charge on any atom is -0.438 e. The SMILES string of the molecule is CCCNC(C)c1ccnc(Oc2ccccc2C#N)c1. The molecule has 2 aromatic rings. The zero-order chi connectivity index (χ0) is 15.1. The summed E-state index contributed by atoms with van der Waals surface area (Å²) < 4.78 is 5.73. The van der Waals surface area contributed by atoms with Gasteiger partial charge in [0.2, 0.25) is 5.88 Å². The lowest BCUT2D eigenvalue weighted by molar-refractivity contribution is 0.458. The van der Waals surface area contributed by atoms with Crippen molar-refractivity contribution in [1.29, 1.82) is 5.26 Å². The second kappa shape index (κ2) is 7.41. The summed E-state index contributed by atoms with van der Waals surface area (Å²) in [4.78, 5) is 4.21. The van der Waals surface area contributed by atoms with Crippen LogP contribution < -0.4 is 10.1 Å². The van der Waals surface area contributed by atoms with Crippen LogP contribution in [-0.4, -0.2) is 11.5 Å². The summed E-state index contributed by atoms with van der Waals surface area (Å²) in [5.41, 5.74) is 1.62. The highest BCUT2D eigenvalue weighted by atomic mass is 16.5. The fraction of sp³-hybridized carbons (Fsp3) is 0.294. The smallest absolute Gasteiger partial charge is 0.219 e. The first-order valence-corrected chi connectivity index (χ1v) is 7.11. The van der Waals surface area contributed by atoms with Gasteiger partial charge in [-0.25, -0.2) is 4.98 Å². The number of nitrogens with one attached hydrogen (secondary N) is 1. The highest BCUT2D eigenvalue weighted by Gasteiger charge is 2.08.